The molecule has 9 nitrogen and oxygen atoms in total. The zero-order valence-electron chi connectivity index (χ0n) is 18.3. The number of aliphatic hydroxyl groups is 2. The van der Waals surface area contributed by atoms with E-state index in [4.69, 9.17) is 0 Å². The molecule has 0 saturated heterocycles. The number of hydrogen-bond donors (Lipinski definition) is 5. The van der Waals surface area contributed by atoms with Crippen LogP contribution in [0.15, 0.2) is 12.2 Å². The van der Waals surface area contributed by atoms with Gasteiger partial charge in [-0.15, -0.1) is 0 Å². The predicted octanol–water partition coefficient (Wildman–Crippen LogP) is 1.03. The van der Waals surface area contributed by atoms with Crippen LogP contribution in [0.5, 0.6) is 0 Å². The molecule has 2 bridgehead atoms. The molecule has 0 unspecified atom stereocenters. The second kappa shape index (κ2) is 6.63. The molecule has 0 radical (unpaired) electrons. The van der Waals surface area contributed by atoms with E-state index in [-0.39, 0.29) is 30.8 Å². The number of hydrogen-bond acceptors (Lipinski definition) is 6. The van der Waals surface area contributed by atoms with E-state index in [9.17, 15) is 44.7 Å². The molecule has 10 atom stereocenters. The van der Waals surface area contributed by atoms with Crippen LogP contribution < -0.4 is 0 Å². The van der Waals surface area contributed by atoms with Crippen LogP contribution in [0.2, 0.25) is 0 Å². The SMILES string of the molecule is C=C1C(=O)[C@]23C[C@H]1C[C@H](O)[C@H]2[C@]1(C)C[C@H](C(=O)O)[C@H](C(=O)O)C(C)(C)[C@H]1[C@@H](C(=O)O)[C@@H]3O. The highest BCUT2D eigenvalue weighted by atomic mass is 16.4. The molecule has 0 aromatic heterocycles. The molecular weight excluding hydrogens is 420 g/mol. The lowest BCUT2D eigenvalue weighted by atomic mass is 9.34. The fourth-order valence-corrected chi connectivity index (χ4v) is 8.81. The van der Waals surface area contributed by atoms with Crippen molar-refractivity contribution in [2.45, 2.75) is 52.2 Å². The smallest absolute Gasteiger partial charge is 0.309 e. The molecule has 9 heteroatoms. The number of carbonyl (C=O) groups is 4. The summed E-state index contributed by atoms with van der Waals surface area (Å²) in [6.45, 7) is 8.56. The van der Waals surface area contributed by atoms with Crippen molar-refractivity contribution in [1.82, 2.24) is 0 Å². The van der Waals surface area contributed by atoms with Crippen molar-refractivity contribution in [2.24, 2.45) is 51.8 Å². The quantitative estimate of drug-likeness (QED) is 0.394. The van der Waals surface area contributed by atoms with Gasteiger partial charge in [0, 0.05) is 5.92 Å². The van der Waals surface area contributed by atoms with Crippen LogP contribution in [0.4, 0.5) is 0 Å². The number of carbonyl (C=O) groups excluding carboxylic acids is 1. The Balaban J connectivity index is 2.02. The Bertz CT molecular complexity index is 938. The number of aliphatic hydroxyl groups excluding tert-OH is 2. The minimum absolute atomic E-state index is 0.153. The number of fused-ring (bicyclic) bond motifs is 3. The molecule has 4 fully saturated rings. The van der Waals surface area contributed by atoms with Gasteiger partial charge in [-0.2, -0.15) is 0 Å². The number of Topliss-reactive ketones (excluding diaryl/α,β-unsaturated/α-hetero) is 1. The summed E-state index contributed by atoms with van der Waals surface area (Å²) < 4.78 is 0. The second-order valence-corrected chi connectivity index (χ2v) is 11.2. The molecule has 0 heterocycles. The molecule has 0 aliphatic heterocycles. The lowest BCUT2D eigenvalue weighted by Crippen LogP contribution is -2.73. The fourth-order valence-electron chi connectivity index (χ4n) is 8.81. The molecule has 4 aliphatic rings. The van der Waals surface area contributed by atoms with Crippen molar-refractivity contribution in [1.29, 1.82) is 0 Å². The standard InChI is InChI=1S/C23H30O9/c1-8-9-5-11(24)14-22(4)7-10(18(27)28)13(20(31)32)21(2,3)15(22)12(19(29)30)17(26)23(14,6-9)16(8)25/h9-15,17,24,26H,1,5-7H2,2-4H3,(H,27,28)(H,29,30)(H,31,32)/t9-,10+,11+,12-,13-,14+,15-,17+,22+,23+/m1/s1. The summed E-state index contributed by atoms with van der Waals surface area (Å²) in [6.07, 6.45) is -2.58. The van der Waals surface area contributed by atoms with Gasteiger partial charge in [0.15, 0.2) is 5.78 Å². The first-order valence-electron chi connectivity index (χ1n) is 10.9. The number of ketones is 1. The molecule has 0 aromatic carbocycles. The molecule has 4 saturated carbocycles. The topological polar surface area (TPSA) is 169 Å². The number of rotatable bonds is 3. The summed E-state index contributed by atoms with van der Waals surface area (Å²) in [5, 5.41) is 52.8. The monoisotopic (exact) mass is 450 g/mol. The maximum absolute atomic E-state index is 13.5. The second-order valence-electron chi connectivity index (χ2n) is 11.2. The first-order chi connectivity index (χ1) is 14.6. The van der Waals surface area contributed by atoms with Gasteiger partial charge in [0.25, 0.3) is 0 Å². The predicted molar refractivity (Wildman–Crippen MR) is 108 cm³/mol. The van der Waals surface area contributed by atoms with E-state index in [1.807, 2.05) is 0 Å². The fraction of sp³-hybridized carbons (Fsp3) is 0.739. The van der Waals surface area contributed by atoms with Crippen molar-refractivity contribution >= 4 is 23.7 Å². The maximum atomic E-state index is 13.5. The van der Waals surface area contributed by atoms with Gasteiger partial charge in [-0.25, -0.2) is 0 Å². The first-order valence-corrected chi connectivity index (χ1v) is 10.9. The van der Waals surface area contributed by atoms with Crippen LogP contribution in [0, 0.1) is 51.8 Å². The van der Waals surface area contributed by atoms with Crippen LogP contribution >= 0.6 is 0 Å². The normalized spacial score (nSPS) is 49.2. The first kappa shape index (κ1) is 22.9. The van der Waals surface area contributed by atoms with E-state index in [1.165, 1.54) is 13.8 Å². The molecule has 5 N–H and O–H groups in total. The molecule has 4 aliphatic carbocycles. The van der Waals surface area contributed by atoms with E-state index in [0.717, 1.165) is 0 Å². The highest BCUT2D eigenvalue weighted by molar-refractivity contribution is 6.04. The van der Waals surface area contributed by atoms with E-state index in [1.54, 1.807) is 6.92 Å². The van der Waals surface area contributed by atoms with Gasteiger partial charge >= 0.3 is 17.9 Å². The highest BCUT2D eigenvalue weighted by Crippen LogP contribution is 2.73. The number of carboxylic acid groups (broad SMARTS) is 3. The summed E-state index contributed by atoms with van der Waals surface area (Å²) in [6, 6.07) is 0. The lowest BCUT2D eigenvalue weighted by molar-refractivity contribution is -0.265. The van der Waals surface area contributed by atoms with Gasteiger partial charge in [0.2, 0.25) is 0 Å². The third kappa shape index (κ3) is 2.46. The Hall–Kier alpha value is -2.26. The zero-order chi connectivity index (χ0) is 24.1. The van der Waals surface area contributed by atoms with E-state index in [2.05, 4.69) is 6.58 Å². The van der Waals surface area contributed by atoms with Gasteiger partial charge in [-0.05, 0) is 47.5 Å². The Labute approximate surface area is 185 Å². The minimum atomic E-state index is -1.65. The van der Waals surface area contributed by atoms with Crippen LogP contribution in [0.25, 0.3) is 0 Å². The van der Waals surface area contributed by atoms with Crippen molar-refractivity contribution in [3.63, 3.8) is 0 Å². The minimum Gasteiger partial charge on any atom is -0.481 e. The summed E-state index contributed by atoms with van der Waals surface area (Å²) >= 11 is 0. The molecule has 176 valence electrons. The molecule has 1 spiro atoms. The van der Waals surface area contributed by atoms with Gasteiger partial charge in [-0.3, -0.25) is 19.2 Å². The third-order valence-corrected chi connectivity index (χ3v) is 9.44. The number of carboxylic acids is 3. The summed E-state index contributed by atoms with van der Waals surface area (Å²) in [7, 11) is 0. The molecule has 0 aromatic rings. The Morgan fingerprint density at radius 2 is 1.53 bits per heavy atom. The summed E-state index contributed by atoms with van der Waals surface area (Å²) in [5.41, 5.74) is -3.90. The maximum Gasteiger partial charge on any atom is 0.309 e. The van der Waals surface area contributed by atoms with E-state index in [0.29, 0.717) is 0 Å². The Kier molecular flexibility index (Phi) is 4.75. The van der Waals surface area contributed by atoms with Crippen LogP contribution in [0.1, 0.15) is 40.0 Å². The van der Waals surface area contributed by atoms with Crippen LogP contribution in [-0.4, -0.2) is 61.4 Å². The largest absolute Gasteiger partial charge is 0.481 e. The van der Waals surface area contributed by atoms with E-state index < -0.39 is 81.7 Å². The van der Waals surface area contributed by atoms with Crippen molar-refractivity contribution in [3.05, 3.63) is 12.2 Å². The summed E-state index contributed by atoms with van der Waals surface area (Å²) in [4.78, 5) is 50.4. The van der Waals surface area contributed by atoms with E-state index >= 15 is 0 Å². The number of allylic oxidation sites excluding steroid dienone is 1. The summed E-state index contributed by atoms with van der Waals surface area (Å²) in [5.74, 6) is -11.0. The average molecular weight is 450 g/mol. The average Bonchev–Trinajstić information content (AvgIpc) is 2.84. The van der Waals surface area contributed by atoms with Crippen molar-refractivity contribution < 1.29 is 44.7 Å². The van der Waals surface area contributed by atoms with Crippen molar-refractivity contribution in [2.75, 3.05) is 0 Å². The molecule has 4 rings (SSSR count). The molecular formula is C23H30O9. The van der Waals surface area contributed by atoms with Crippen molar-refractivity contribution in [3.8, 4) is 0 Å². The van der Waals surface area contributed by atoms with Gasteiger partial charge in [-0.1, -0.05) is 27.4 Å². The number of aliphatic carboxylic acids is 3. The molecule has 32 heavy (non-hydrogen) atoms. The third-order valence-electron chi connectivity index (χ3n) is 9.44. The van der Waals surface area contributed by atoms with Gasteiger partial charge in [0.05, 0.1) is 35.4 Å². The highest BCUT2D eigenvalue weighted by Gasteiger charge is 2.78. The Morgan fingerprint density at radius 1 is 0.938 bits per heavy atom. The lowest BCUT2D eigenvalue weighted by Gasteiger charge is -2.68. The zero-order valence-corrected chi connectivity index (χ0v) is 18.3. The Morgan fingerprint density at radius 3 is 2.03 bits per heavy atom. The van der Waals surface area contributed by atoms with Crippen LogP contribution in [0.3, 0.4) is 0 Å². The van der Waals surface area contributed by atoms with Gasteiger partial charge < -0.3 is 25.5 Å². The van der Waals surface area contributed by atoms with Crippen LogP contribution in [-0.2, 0) is 19.2 Å². The van der Waals surface area contributed by atoms with Gasteiger partial charge in [0.1, 0.15) is 0 Å². The molecule has 0 amide bonds.